The highest BCUT2D eigenvalue weighted by atomic mass is 16.5. The van der Waals surface area contributed by atoms with Crippen molar-refractivity contribution < 1.29 is 4.74 Å². The molecule has 0 fully saturated rings. The number of fused-ring (bicyclic) bond motifs is 4. The number of methoxy groups -OCH3 is 1. The van der Waals surface area contributed by atoms with E-state index >= 15 is 0 Å². The average Bonchev–Trinajstić information content (AvgIpc) is 3.15. The minimum absolute atomic E-state index is 0.230. The second-order valence-electron chi connectivity index (χ2n) is 7.10. The lowest BCUT2D eigenvalue weighted by Gasteiger charge is -2.22. The van der Waals surface area contributed by atoms with Gasteiger partial charge in [-0.1, -0.05) is 26.0 Å². The predicted octanol–water partition coefficient (Wildman–Crippen LogP) is 4.30. The summed E-state index contributed by atoms with van der Waals surface area (Å²) in [5.74, 6) is 0.847. The van der Waals surface area contributed by atoms with Crippen LogP contribution in [0.2, 0.25) is 0 Å². The minimum atomic E-state index is -0.230. The normalized spacial score (nSPS) is 15.3. The van der Waals surface area contributed by atoms with Crippen LogP contribution in [0.3, 0.4) is 0 Å². The quantitative estimate of drug-likeness (QED) is 0.546. The van der Waals surface area contributed by atoms with Gasteiger partial charge >= 0.3 is 0 Å². The molecule has 1 aliphatic heterocycles. The van der Waals surface area contributed by atoms with Crippen molar-refractivity contribution in [2.45, 2.75) is 19.3 Å². The van der Waals surface area contributed by atoms with Crippen molar-refractivity contribution in [3.63, 3.8) is 0 Å². The third-order valence-electron chi connectivity index (χ3n) is 5.14. The SMILES string of the molecule is COc1ccc2c(c1)C(C)(C)C(c1cnc3c4ccccc4nn3c1)=N2. The van der Waals surface area contributed by atoms with Crippen LogP contribution >= 0.6 is 0 Å². The van der Waals surface area contributed by atoms with E-state index in [1.165, 1.54) is 0 Å². The summed E-state index contributed by atoms with van der Waals surface area (Å²) in [4.78, 5) is 9.56. The van der Waals surface area contributed by atoms with Gasteiger partial charge in [-0.15, -0.1) is 0 Å². The molecule has 0 unspecified atom stereocenters. The largest absolute Gasteiger partial charge is 0.497 e. The molecule has 5 nitrogen and oxygen atoms in total. The Bertz CT molecular complexity index is 1200. The monoisotopic (exact) mass is 342 g/mol. The maximum absolute atomic E-state index is 5.39. The summed E-state index contributed by atoms with van der Waals surface area (Å²) >= 11 is 0. The molecule has 0 bridgehead atoms. The second-order valence-corrected chi connectivity index (χ2v) is 7.10. The molecular weight excluding hydrogens is 324 g/mol. The molecular formula is C21H18N4O. The van der Waals surface area contributed by atoms with Gasteiger partial charge in [-0.05, 0) is 35.9 Å². The molecule has 0 amide bonds. The second kappa shape index (κ2) is 5.14. The van der Waals surface area contributed by atoms with Gasteiger partial charge in [0.1, 0.15) is 5.75 Å². The lowest BCUT2D eigenvalue weighted by atomic mass is 9.79. The Hall–Kier alpha value is -3.21. The van der Waals surface area contributed by atoms with E-state index < -0.39 is 0 Å². The van der Waals surface area contributed by atoms with Crippen molar-refractivity contribution in [1.29, 1.82) is 0 Å². The van der Waals surface area contributed by atoms with E-state index in [0.29, 0.717) is 0 Å². The number of rotatable bonds is 2. The summed E-state index contributed by atoms with van der Waals surface area (Å²) in [6.07, 6.45) is 3.92. The number of benzene rings is 2. The zero-order chi connectivity index (χ0) is 17.9. The first-order valence-electron chi connectivity index (χ1n) is 8.59. The fourth-order valence-electron chi connectivity index (χ4n) is 3.73. The van der Waals surface area contributed by atoms with Crippen LogP contribution in [0.5, 0.6) is 5.75 Å². The van der Waals surface area contributed by atoms with Crippen molar-refractivity contribution in [2.75, 3.05) is 7.11 Å². The first-order chi connectivity index (χ1) is 12.6. The molecule has 0 atom stereocenters. The number of hydrogen-bond donors (Lipinski definition) is 0. The highest BCUT2D eigenvalue weighted by Crippen LogP contribution is 2.43. The summed E-state index contributed by atoms with van der Waals surface area (Å²) in [6, 6.07) is 14.1. The van der Waals surface area contributed by atoms with Crippen LogP contribution in [-0.4, -0.2) is 27.4 Å². The summed E-state index contributed by atoms with van der Waals surface area (Å²) < 4.78 is 7.24. The molecule has 0 aliphatic carbocycles. The van der Waals surface area contributed by atoms with Gasteiger partial charge in [-0.3, -0.25) is 4.99 Å². The summed E-state index contributed by atoms with van der Waals surface area (Å²) in [5.41, 5.74) is 5.69. The maximum atomic E-state index is 5.39. The molecule has 5 heteroatoms. The fraction of sp³-hybridized carbons (Fsp3) is 0.190. The zero-order valence-electron chi connectivity index (χ0n) is 14.9. The van der Waals surface area contributed by atoms with Crippen LogP contribution in [0, 0.1) is 0 Å². The molecule has 5 rings (SSSR count). The van der Waals surface area contributed by atoms with Gasteiger partial charge in [-0.25, -0.2) is 9.50 Å². The minimum Gasteiger partial charge on any atom is -0.497 e. The van der Waals surface area contributed by atoms with Crippen molar-refractivity contribution >= 4 is 27.9 Å². The topological polar surface area (TPSA) is 51.8 Å². The Morgan fingerprint density at radius 3 is 2.77 bits per heavy atom. The van der Waals surface area contributed by atoms with E-state index in [4.69, 9.17) is 9.73 Å². The number of ether oxygens (including phenoxy) is 1. The number of hydrogen-bond acceptors (Lipinski definition) is 4. The molecule has 2 aromatic heterocycles. The Kier molecular flexibility index (Phi) is 2.98. The van der Waals surface area contributed by atoms with E-state index in [1.807, 2.05) is 53.3 Å². The van der Waals surface area contributed by atoms with Gasteiger partial charge in [-0.2, -0.15) is 5.10 Å². The molecule has 0 saturated heterocycles. The van der Waals surface area contributed by atoms with Gasteiger partial charge in [0, 0.05) is 28.8 Å². The highest BCUT2D eigenvalue weighted by Gasteiger charge is 2.36. The molecule has 0 saturated carbocycles. The first-order valence-corrected chi connectivity index (χ1v) is 8.59. The Labute approximate surface area is 151 Å². The van der Waals surface area contributed by atoms with Crippen LogP contribution in [0.1, 0.15) is 25.0 Å². The first kappa shape index (κ1) is 15.1. The lowest BCUT2D eigenvalue weighted by Crippen LogP contribution is -2.26. The van der Waals surface area contributed by atoms with Crippen LogP contribution in [0.15, 0.2) is 59.9 Å². The number of aliphatic imine (C=N–C) groups is 1. The molecule has 3 heterocycles. The molecule has 1 aliphatic rings. The van der Waals surface area contributed by atoms with Crippen molar-refractivity contribution in [1.82, 2.24) is 14.6 Å². The van der Waals surface area contributed by atoms with Crippen molar-refractivity contribution in [2.24, 2.45) is 4.99 Å². The lowest BCUT2D eigenvalue weighted by molar-refractivity contribution is 0.414. The summed E-state index contributed by atoms with van der Waals surface area (Å²) in [6.45, 7) is 4.36. The predicted molar refractivity (Wildman–Crippen MR) is 103 cm³/mol. The molecule has 26 heavy (non-hydrogen) atoms. The fourth-order valence-corrected chi connectivity index (χ4v) is 3.73. The Morgan fingerprint density at radius 2 is 1.92 bits per heavy atom. The van der Waals surface area contributed by atoms with Gasteiger partial charge < -0.3 is 4.74 Å². The molecule has 128 valence electrons. The van der Waals surface area contributed by atoms with E-state index in [1.54, 1.807) is 7.11 Å². The summed E-state index contributed by atoms with van der Waals surface area (Å²) in [5, 5.41) is 5.71. The Balaban J connectivity index is 1.67. The summed E-state index contributed by atoms with van der Waals surface area (Å²) in [7, 11) is 1.69. The van der Waals surface area contributed by atoms with Gasteiger partial charge in [0.15, 0.2) is 5.65 Å². The third kappa shape index (κ3) is 2.00. The van der Waals surface area contributed by atoms with Crippen LogP contribution in [-0.2, 0) is 5.41 Å². The van der Waals surface area contributed by atoms with Crippen LogP contribution < -0.4 is 4.74 Å². The number of nitrogens with zero attached hydrogens (tertiary/aromatic N) is 4. The molecule has 0 N–H and O–H groups in total. The third-order valence-corrected chi connectivity index (χ3v) is 5.14. The van der Waals surface area contributed by atoms with Crippen LogP contribution in [0.4, 0.5) is 5.69 Å². The van der Waals surface area contributed by atoms with Gasteiger partial charge in [0.05, 0.1) is 24.0 Å². The van der Waals surface area contributed by atoms with Crippen molar-refractivity contribution in [3.05, 3.63) is 66.0 Å². The van der Waals surface area contributed by atoms with Crippen LogP contribution in [0.25, 0.3) is 16.6 Å². The molecule has 0 spiro atoms. The van der Waals surface area contributed by atoms with Crippen molar-refractivity contribution in [3.8, 4) is 5.75 Å². The molecule has 2 aromatic carbocycles. The van der Waals surface area contributed by atoms with Gasteiger partial charge in [0.25, 0.3) is 0 Å². The van der Waals surface area contributed by atoms with E-state index in [9.17, 15) is 0 Å². The molecule has 0 radical (unpaired) electrons. The van der Waals surface area contributed by atoms with E-state index in [-0.39, 0.29) is 5.41 Å². The van der Waals surface area contributed by atoms with Gasteiger partial charge in [0.2, 0.25) is 0 Å². The Morgan fingerprint density at radius 1 is 1.08 bits per heavy atom. The smallest absolute Gasteiger partial charge is 0.162 e. The average molecular weight is 342 g/mol. The molecule has 4 aromatic rings. The highest BCUT2D eigenvalue weighted by molar-refractivity contribution is 6.12. The number of aromatic nitrogens is 3. The van der Waals surface area contributed by atoms with E-state index in [0.717, 1.165) is 44.8 Å². The maximum Gasteiger partial charge on any atom is 0.162 e. The standard InChI is InChI=1S/C21H18N4O/c1-21(2)16-10-14(26-3)8-9-18(16)23-19(21)13-11-22-20-15-6-4-5-7-17(15)24-25(20)12-13/h4-12H,1-3H3. The van der Waals surface area contributed by atoms with E-state index in [2.05, 4.69) is 30.0 Å². The zero-order valence-corrected chi connectivity index (χ0v) is 14.9.